The first-order chi connectivity index (χ1) is 8.31. The first kappa shape index (κ1) is 12.8. The molecule has 0 bridgehead atoms. The molecule has 4 heteroatoms. The number of amides is 1. The van der Waals surface area contributed by atoms with Crippen molar-refractivity contribution < 1.29 is 9.18 Å². The van der Waals surface area contributed by atoms with Crippen molar-refractivity contribution in [3.05, 3.63) is 0 Å². The van der Waals surface area contributed by atoms with Crippen molar-refractivity contribution in [1.29, 1.82) is 0 Å². The Balaban J connectivity index is 1.77. The van der Waals surface area contributed by atoms with Crippen molar-refractivity contribution in [1.82, 2.24) is 10.2 Å². The lowest BCUT2D eigenvalue weighted by Crippen LogP contribution is -2.50. The molecule has 2 rings (SSSR count). The van der Waals surface area contributed by atoms with E-state index < -0.39 is 0 Å². The number of carbonyl (C=O) groups is 1. The number of rotatable bonds is 3. The molecule has 2 aliphatic heterocycles. The van der Waals surface area contributed by atoms with Crippen LogP contribution in [-0.2, 0) is 4.79 Å². The van der Waals surface area contributed by atoms with E-state index in [0.717, 1.165) is 45.3 Å². The van der Waals surface area contributed by atoms with Crippen molar-refractivity contribution in [3.63, 3.8) is 0 Å². The summed E-state index contributed by atoms with van der Waals surface area (Å²) in [6, 6.07) is 0.0430. The summed E-state index contributed by atoms with van der Waals surface area (Å²) in [4.78, 5) is 14.2. The highest BCUT2D eigenvalue weighted by Gasteiger charge is 2.28. The van der Waals surface area contributed by atoms with Gasteiger partial charge >= 0.3 is 0 Å². The van der Waals surface area contributed by atoms with Gasteiger partial charge in [0.2, 0.25) is 5.91 Å². The van der Waals surface area contributed by atoms with Gasteiger partial charge in [-0.05, 0) is 44.6 Å². The SMILES string of the molecule is O=C(C1CCCCN1)N1CCC(CCF)CC1. The van der Waals surface area contributed by atoms with Gasteiger partial charge in [-0.2, -0.15) is 0 Å². The van der Waals surface area contributed by atoms with E-state index in [1.165, 1.54) is 6.42 Å². The van der Waals surface area contributed by atoms with E-state index in [9.17, 15) is 9.18 Å². The van der Waals surface area contributed by atoms with Gasteiger partial charge in [-0.15, -0.1) is 0 Å². The van der Waals surface area contributed by atoms with Crippen molar-refractivity contribution in [2.45, 2.75) is 44.6 Å². The van der Waals surface area contributed by atoms with E-state index in [1.807, 2.05) is 4.90 Å². The molecule has 17 heavy (non-hydrogen) atoms. The summed E-state index contributed by atoms with van der Waals surface area (Å²) >= 11 is 0. The zero-order valence-electron chi connectivity index (χ0n) is 10.5. The van der Waals surface area contributed by atoms with E-state index in [0.29, 0.717) is 12.3 Å². The average Bonchev–Trinajstić information content (AvgIpc) is 2.40. The minimum atomic E-state index is -0.219. The number of nitrogens with one attached hydrogen (secondary N) is 1. The fourth-order valence-corrected chi connectivity index (χ4v) is 2.88. The molecule has 0 aliphatic carbocycles. The molecule has 0 saturated carbocycles. The van der Waals surface area contributed by atoms with Crippen LogP contribution in [0.3, 0.4) is 0 Å². The molecule has 0 radical (unpaired) electrons. The Labute approximate surface area is 103 Å². The van der Waals surface area contributed by atoms with Gasteiger partial charge in [-0.25, -0.2) is 0 Å². The molecule has 0 aromatic heterocycles. The standard InChI is InChI=1S/C13H23FN2O/c14-7-4-11-5-9-16(10-6-11)13(17)12-3-1-2-8-15-12/h11-12,15H,1-10H2. The summed E-state index contributed by atoms with van der Waals surface area (Å²) in [5.41, 5.74) is 0. The zero-order chi connectivity index (χ0) is 12.1. The topological polar surface area (TPSA) is 32.3 Å². The summed E-state index contributed by atoms with van der Waals surface area (Å²) in [5.74, 6) is 0.756. The van der Waals surface area contributed by atoms with Gasteiger partial charge in [-0.3, -0.25) is 9.18 Å². The molecule has 2 saturated heterocycles. The van der Waals surface area contributed by atoms with Crippen molar-refractivity contribution in [2.75, 3.05) is 26.3 Å². The highest BCUT2D eigenvalue weighted by molar-refractivity contribution is 5.82. The predicted molar refractivity (Wildman–Crippen MR) is 65.5 cm³/mol. The smallest absolute Gasteiger partial charge is 0.239 e. The molecule has 1 atom stereocenters. The minimum absolute atomic E-state index is 0.0430. The van der Waals surface area contributed by atoms with Gasteiger partial charge in [0, 0.05) is 13.1 Å². The van der Waals surface area contributed by atoms with Gasteiger partial charge in [0.15, 0.2) is 0 Å². The van der Waals surface area contributed by atoms with Crippen molar-refractivity contribution in [3.8, 4) is 0 Å². The predicted octanol–water partition coefficient (Wildman–Crippen LogP) is 1.73. The molecule has 1 amide bonds. The Hall–Kier alpha value is -0.640. The summed E-state index contributed by atoms with van der Waals surface area (Å²) in [5, 5.41) is 3.30. The fraction of sp³-hybridized carbons (Fsp3) is 0.923. The summed E-state index contributed by atoms with van der Waals surface area (Å²) < 4.78 is 12.2. The van der Waals surface area contributed by atoms with E-state index >= 15 is 0 Å². The first-order valence-electron chi connectivity index (χ1n) is 6.89. The molecule has 1 N–H and O–H groups in total. The molecule has 2 heterocycles. The number of nitrogens with zero attached hydrogens (tertiary/aromatic N) is 1. The van der Waals surface area contributed by atoms with Crippen LogP contribution in [0.25, 0.3) is 0 Å². The Kier molecular flexibility index (Phi) is 4.77. The van der Waals surface area contributed by atoms with Gasteiger partial charge in [0.05, 0.1) is 12.7 Å². The monoisotopic (exact) mass is 242 g/mol. The third-order valence-corrected chi connectivity index (χ3v) is 4.05. The number of hydrogen-bond acceptors (Lipinski definition) is 2. The second-order valence-corrected chi connectivity index (χ2v) is 5.25. The molecular weight excluding hydrogens is 219 g/mol. The van der Waals surface area contributed by atoms with E-state index in [4.69, 9.17) is 0 Å². The maximum Gasteiger partial charge on any atom is 0.239 e. The summed E-state index contributed by atoms with van der Waals surface area (Å²) in [6.45, 7) is 2.39. The van der Waals surface area contributed by atoms with Crippen LogP contribution in [-0.4, -0.2) is 43.2 Å². The molecule has 0 aromatic rings. The van der Waals surface area contributed by atoms with Crippen LogP contribution in [0.2, 0.25) is 0 Å². The quantitative estimate of drug-likeness (QED) is 0.817. The molecule has 3 nitrogen and oxygen atoms in total. The van der Waals surface area contributed by atoms with E-state index in [-0.39, 0.29) is 18.6 Å². The second kappa shape index (κ2) is 6.34. The number of halogens is 1. The number of carbonyl (C=O) groups excluding carboxylic acids is 1. The highest BCUT2D eigenvalue weighted by Crippen LogP contribution is 2.22. The van der Waals surface area contributed by atoms with Crippen LogP contribution in [0.15, 0.2) is 0 Å². The zero-order valence-corrected chi connectivity index (χ0v) is 10.5. The summed E-state index contributed by atoms with van der Waals surface area (Å²) in [7, 11) is 0. The van der Waals surface area contributed by atoms with Crippen LogP contribution in [0.5, 0.6) is 0 Å². The number of hydrogen-bond donors (Lipinski definition) is 1. The van der Waals surface area contributed by atoms with Crippen LogP contribution < -0.4 is 5.32 Å². The largest absolute Gasteiger partial charge is 0.341 e. The van der Waals surface area contributed by atoms with Gasteiger partial charge in [0.25, 0.3) is 0 Å². The Morgan fingerprint density at radius 2 is 2.00 bits per heavy atom. The van der Waals surface area contributed by atoms with Gasteiger partial charge < -0.3 is 10.2 Å². The van der Waals surface area contributed by atoms with E-state index in [1.54, 1.807) is 0 Å². The first-order valence-corrected chi connectivity index (χ1v) is 6.89. The fourth-order valence-electron chi connectivity index (χ4n) is 2.88. The molecule has 2 aliphatic rings. The van der Waals surface area contributed by atoms with Gasteiger partial charge in [0.1, 0.15) is 0 Å². The molecule has 2 fully saturated rings. The number of likely N-dealkylation sites (tertiary alicyclic amines) is 1. The third kappa shape index (κ3) is 3.41. The minimum Gasteiger partial charge on any atom is -0.341 e. The average molecular weight is 242 g/mol. The van der Waals surface area contributed by atoms with Crippen molar-refractivity contribution in [2.24, 2.45) is 5.92 Å². The summed E-state index contributed by atoms with van der Waals surface area (Å²) in [6.07, 6.45) is 5.93. The van der Waals surface area contributed by atoms with Crippen LogP contribution in [0, 0.1) is 5.92 Å². The molecule has 1 unspecified atom stereocenters. The van der Waals surface area contributed by atoms with Crippen LogP contribution >= 0.6 is 0 Å². The third-order valence-electron chi connectivity index (χ3n) is 4.05. The molecular formula is C13H23FN2O. The Morgan fingerprint density at radius 3 is 2.59 bits per heavy atom. The highest BCUT2D eigenvalue weighted by atomic mass is 19.1. The Bertz CT molecular complexity index is 246. The lowest BCUT2D eigenvalue weighted by atomic mass is 9.93. The number of piperidine rings is 2. The number of alkyl halides is 1. The van der Waals surface area contributed by atoms with Crippen LogP contribution in [0.4, 0.5) is 4.39 Å². The lowest BCUT2D eigenvalue weighted by molar-refractivity contribution is -0.135. The normalized spacial score (nSPS) is 27.1. The van der Waals surface area contributed by atoms with Gasteiger partial charge in [-0.1, -0.05) is 6.42 Å². The van der Waals surface area contributed by atoms with Crippen LogP contribution in [0.1, 0.15) is 38.5 Å². The lowest BCUT2D eigenvalue weighted by Gasteiger charge is -2.35. The van der Waals surface area contributed by atoms with Crippen molar-refractivity contribution >= 4 is 5.91 Å². The molecule has 0 aromatic carbocycles. The molecule has 98 valence electrons. The molecule has 0 spiro atoms. The second-order valence-electron chi connectivity index (χ2n) is 5.25. The van der Waals surface area contributed by atoms with E-state index in [2.05, 4.69) is 5.32 Å². The maximum absolute atomic E-state index is 12.2. The maximum atomic E-state index is 12.2. The Morgan fingerprint density at radius 1 is 1.24 bits per heavy atom.